The zero-order valence-electron chi connectivity index (χ0n) is 12.4. The van der Waals surface area contributed by atoms with Gasteiger partial charge in [-0.2, -0.15) is 0 Å². The van der Waals surface area contributed by atoms with Gasteiger partial charge in [0.2, 0.25) is 0 Å². The number of likely N-dealkylation sites (N-methyl/N-ethyl adjacent to an activating group) is 1. The molecule has 116 valence electrons. The van der Waals surface area contributed by atoms with E-state index in [1.807, 2.05) is 43.2 Å². The molecular formula is C15H22N2O3S. The standard InChI is InChI=1S/C15H22N2O3S/c1-3-4-6-14(8-9-15-7-5-12-21-15)17(2)13-19-10-11-20-16-18/h3-9,12,16,18H,10-11,13H2,1-2H3/b4-3-,9-8+,14-6-. The van der Waals surface area contributed by atoms with Crippen LogP contribution in [0.5, 0.6) is 0 Å². The minimum atomic E-state index is 0.281. The summed E-state index contributed by atoms with van der Waals surface area (Å²) in [5, 5.41) is 10.3. The number of hydrogen-bond acceptors (Lipinski definition) is 6. The van der Waals surface area contributed by atoms with Gasteiger partial charge in [0.25, 0.3) is 0 Å². The first kappa shape index (κ1) is 17.6. The minimum Gasteiger partial charge on any atom is -0.359 e. The Morgan fingerprint density at radius 3 is 3.00 bits per heavy atom. The van der Waals surface area contributed by atoms with E-state index in [-0.39, 0.29) is 6.61 Å². The summed E-state index contributed by atoms with van der Waals surface area (Å²) in [5.74, 6) is 0. The van der Waals surface area contributed by atoms with Crippen LogP contribution in [0.4, 0.5) is 0 Å². The summed E-state index contributed by atoms with van der Waals surface area (Å²) >= 11 is 1.70. The highest BCUT2D eigenvalue weighted by Crippen LogP contribution is 2.13. The second kappa shape index (κ2) is 11.2. The van der Waals surface area contributed by atoms with Crippen LogP contribution in [-0.4, -0.2) is 37.1 Å². The fourth-order valence-corrected chi connectivity index (χ4v) is 2.10. The molecule has 0 aromatic carbocycles. The Labute approximate surface area is 129 Å². The Morgan fingerprint density at radius 2 is 2.33 bits per heavy atom. The Balaban J connectivity index is 2.52. The van der Waals surface area contributed by atoms with Crippen LogP contribution in [0, 0.1) is 0 Å². The van der Waals surface area contributed by atoms with Crippen LogP contribution in [0.2, 0.25) is 0 Å². The van der Waals surface area contributed by atoms with E-state index in [0.717, 1.165) is 5.70 Å². The van der Waals surface area contributed by atoms with Gasteiger partial charge in [0.05, 0.1) is 13.2 Å². The van der Waals surface area contributed by atoms with E-state index < -0.39 is 0 Å². The van der Waals surface area contributed by atoms with Crippen molar-refractivity contribution in [1.29, 1.82) is 0 Å². The van der Waals surface area contributed by atoms with Gasteiger partial charge < -0.3 is 9.64 Å². The van der Waals surface area contributed by atoms with Crippen molar-refractivity contribution in [3.05, 3.63) is 52.4 Å². The molecule has 5 nitrogen and oxygen atoms in total. The van der Waals surface area contributed by atoms with E-state index in [1.54, 1.807) is 17.0 Å². The molecule has 1 rings (SSSR count). The maximum atomic E-state index is 8.26. The summed E-state index contributed by atoms with van der Waals surface area (Å²) < 4.78 is 5.45. The first-order chi connectivity index (χ1) is 10.3. The van der Waals surface area contributed by atoms with Gasteiger partial charge in [0, 0.05) is 17.6 Å². The maximum Gasteiger partial charge on any atom is 0.118 e. The monoisotopic (exact) mass is 310 g/mol. The third-order valence-electron chi connectivity index (χ3n) is 2.54. The number of thiophene rings is 1. The molecule has 0 fully saturated rings. The number of nitrogens with zero attached hydrogens (tertiary/aromatic N) is 1. The van der Waals surface area contributed by atoms with Gasteiger partial charge in [-0.25, -0.2) is 0 Å². The Bertz CT molecular complexity index is 455. The fourth-order valence-electron chi connectivity index (χ4n) is 1.48. The zero-order chi connectivity index (χ0) is 15.3. The SMILES string of the molecule is C\C=C/C=C(/C=C/c1cccs1)N(C)COCCONO. The third-order valence-corrected chi connectivity index (χ3v) is 3.38. The third kappa shape index (κ3) is 7.79. The molecule has 0 aliphatic rings. The highest BCUT2D eigenvalue weighted by atomic mass is 32.1. The fraction of sp³-hybridized carbons (Fsp3) is 0.333. The average molecular weight is 310 g/mol. The molecule has 0 aliphatic heterocycles. The van der Waals surface area contributed by atoms with Crippen molar-refractivity contribution >= 4 is 17.4 Å². The summed E-state index contributed by atoms with van der Waals surface area (Å²) in [4.78, 5) is 7.76. The van der Waals surface area contributed by atoms with Crippen LogP contribution < -0.4 is 5.64 Å². The predicted octanol–water partition coefficient (Wildman–Crippen LogP) is 3.04. The van der Waals surface area contributed by atoms with Crippen LogP contribution in [0.1, 0.15) is 11.8 Å². The van der Waals surface area contributed by atoms with Gasteiger partial charge in [-0.1, -0.05) is 23.9 Å². The summed E-state index contributed by atoms with van der Waals surface area (Å²) in [7, 11) is 1.96. The van der Waals surface area contributed by atoms with Gasteiger partial charge in [-0.05, 0) is 36.6 Å². The molecule has 0 unspecified atom stereocenters. The van der Waals surface area contributed by atoms with Crippen LogP contribution in [0.25, 0.3) is 6.08 Å². The van der Waals surface area contributed by atoms with Crippen molar-refractivity contribution in [2.45, 2.75) is 6.92 Å². The quantitative estimate of drug-likeness (QED) is 0.301. The van der Waals surface area contributed by atoms with Crippen molar-refractivity contribution in [1.82, 2.24) is 10.5 Å². The highest BCUT2D eigenvalue weighted by Gasteiger charge is 2.01. The molecule has 0 saturated heterocycles. The van der Waals surface area contributed by atoms with E-state index in [0.29, 0.717) is 13.3 Å². The molecule has 0 bridgehead atoms. The maximum absolute atomic E-state index is 8.26. The summed E-state index contributed by atoms with van der Waals surface area (Å²) in [5.41, 5.74) is 2.66. The summed E-state index contributed by atoms with van der Waals surface area (Å²) in [6.07, 6.45) is 10.1. The largest absolute Gasteiger partial charge is 0.359 e. The number of allylic oxidation sites excluding steroid dienone is 4. The summed E-state index contributed by atoms with van der Waals surface area (Å²) in [6.45, 7) is 3.09. The molecule has 1 aromatic heterocycles. The van der Waals surface area contributed by atoms with Crippen molar-refractivity contribution in [3.8, 4) is 0 Å². The lowest BCUT2D eigenvalue weighted by molar-refractivity contribution is -0.140. The number of nitrogens with one attached hydrogen (secondary N) is 1. The first-order valence-electron chi connectivity index (χ1n) is 6.62. The second-order valence-electron chi connectivity index (χ2n) is 4.14. The Morgan fingerprint density at radius 1 is 1.48 bits per heavy atom. The molecule has 1 aromatic rings. The van der Waals surface area contributed by atoms with E-state index in [9.17, 15) is 0 Å². The van der Waals surface area contributed by atoms with Crippen LogP contribution in [0.15, 0.2) is 47.5 Å². The normalized spacial score (nSPS) is 12.6. The molecule has 0 atom stereocenters. The highest BCUT2D eigenvalue weighted by molar-refractivity contribution is 7.10. The van der Waals surface area contributed by atoms with Crippen molar-refractivity contribution < 1.29 is 14.8 Å². The molecule has 0 aliphatic carbocycles. The van der Waals surface area contributed by atoms with E-state index in [2.05, 4.69) is 28.4 Å². The zero-order valence-corrected chi connectivity index (χ0v) is 13.2. The average Bonchev–Trinajstić information content (AvgIpc) is 3.00. The van der Waals surface area contributed by atoms with E-state index >= 15 is 0 Å². The number of rotatable bonds is 10. The molecule has 2 N–H and O–H groups in total. The van der Waals surface area contributed by atoms with Crippen LogP contribution in [-0.2, 0) is 9.57 Å². The number of ether oxygens (including phenoxy) is 1. The van der Waals surface area contributed by atoms with Crippen molar-refractivity contribution in [3.63, 3.8) is 0 Å². The molecule has 0 spiro atoms. The molecule has 0 radical (unpaired) electrons. The Kier molecular flexibility index (Phi) is 9.43. The van der Waals surface area contributed by atoms with Gasteiger partial charge in [0.15, 0.2) is 0 Å². The number of hydrogen-bond donors (Lipinski definition) is 2. The van der Waals surface area contributed by atoms with Gasteiger partial charge in [-0.15, -0.1) is 11.3 Å². The molecule has 6 heteroatoms. The lowest BCUT2D eigenvalue weighted by atomic mass is 10.3. The topological polar surface area (TPSA) is 54.0 Å². The lowest BCUT2D eigenvalue weighted by Gasteiger charge is -2.20. The van der Waals surface area contributed by atoms with Gasteiger partial charge >= 0.3 is 0 Å². The first-order valence-corrected chi connectivity index (χ1v) is 7.50. The predicted molar refractivity (Wildman–Crippen MR) is 85.7 cm³/mol. The van der Waals surface area contributed by atoms with Crippen molar-refractivity contribution in [2.24, 2.45) is 0 Å². The smallest absolute Gasteiger partial charge is 0.118 e. The lowest BCUT2D eigenvalue weighted by Crippen LogP contribution is -2.22. The van der Waals surface area contributed by atoms with Crippen molar-refractivity contribution in [2.75, 3.05) is 27.0 Å². The molecular weight excluding hydrogens is 288 g/mol. The van der Waals surface area contributed by atoms with Gasteiger partial charge in [0.1, 0.15) is 6.73 Å². The Hall–Kier alpha value is -1.44. The molecule has 0 amide bonds. The molecule has 0 saturated carbocycles. The summed E-state index contributed by atoms with van der Waals surface area (Å²) in [6, 6.07) is 4.10. The van der Waals surface area contributed by atoms with Gasteiger partial charge in [-0.3, -0.25) is 10.0 Å². The van der Waals surface area contributed by atoms with E-state index in [1.165, 1.54) is 4.88 Å². The molecule has 1 heterocycles. The second-order valence-corrected chi connectivity index (χ2v) is 5.12. The van der Waals surface area contributed by atoms with Crippen LogP contribution in [0.3, 0.4) is 0 Å². The van der Waals surface area contributed by atoms with E-state index in [4.69, 9.17) is 9.94 Å². The minimum absolute atomic E-state index is 0.281. The molecule has 21 heavy (non-hydrogen) atoms. The van der Waals surface area contributed by atoms with Crippen LogP contribution >= 0.6 is 11.3 Å².